The van der Waals surface area contributed by atoms with Crippen molar-refractivity contribution in [1.82, 2.24) is 10.3 Å². The normalized spacial score (nSPS) is 10.9. The first-order chi connectivity index (χ1) is 14.1. The van der Waals surface area contributed by atoms with Crippen LogP contribution in [0.25, 0.3) is 21.1 Å². The first kappa shape index (κ1) is 19.0. The molecule has 4 aromatic rings. The summed E-state index contributed by atoms with van der Waals surface area (Å²) in [5.41, 5.74) is 1.71. The SMILES string of the molecule is COc1ccc(OC)c(CNC(=O)c2cc3cc4cc(OC)ccc4nc3s2)c1. The third-order valence-electron chi connectivity index (χ3n) is 4.66. The average molecular weight is 408 g/mol. The Balaban J connectivity index is 1.58. The lowest BCUT2D eigenvalue weighted by Crippen LogP contribution is -2.22. The summed E-state index contributed by atoms with van der Waals surface area (Å²) >= 11 is 1.37. The maximum absolute atomic E-state index is 12.7. The number of methoxy groups -OCH3 is 3. The van der Waals surface area contributed by atoms with E-state index in [1.54, 1.807) is 21.3 Å². The van der Waals surface area contributed by atoms with Crippen molar-refractivity contribution in [2.45, 2.75) is 6.54 Å². The highest BCUT2D eigenvalue weighted by atomic mass is 32.1. The fourth-order valence-electron chi connectivity index (χ4n) is 3.13. The monoisotopic (exact) mass is 408 g/mol. The van der Waals surface area contributed by atoms with E-state index >= 15 is 0 Å². The molecule has 1 N–H and O–H groups in total. The second kappa shape index (κ2) is 7.97. The minimum atomic E-state index is -0.153. The van der Waals surface area contributed by atoms with Crippen molar-refractivity contribution in [2.75, 3.05) is 21.3 Å². The van der Waals surface area contributed by atoms with Crippen LogP contribution in [0, 0.1) is 0 Å². The molecular formula is C22H20N2O4S. The van der Waals surface area contributed by atoms with Gasteiger partial charge in [-0.3, -0.25) is 4.79 Å². The third-order valence-corrected chi connectivity index (χ3v) is 5.70. The molecule has 1 amide bonds. The molecule has 7 heteroatoms. The molecule has 0 aliphatic heterocycles. The topological polar surface area (TPSA) is 69.7 Å². The molecule has 2 heterocycles. The first-order valence-electron chi connectivity index (χ1n) is 8.98. The highest BCUT2D eigenvalue weighted by molar-refractivity contribution is 7.20. The van der Waals surface area contributed by atoms with Crippen molar-refractivity contribution in [2.24, 2.45) is 0 Å². The zero-order chi connectivity index (χ0) is 20.4. The molecule has 0 fully saturated rings. The molecule has 0 atom stereocenters. The molecule has 0 bridgehead atoms. The Morgan fingerprint density at radius 1 is 0.931 bits per heavy atom. The fourth-order valence-corrected chi connectivity index (χ4v) is 4.07. The maximum atomic E-state index is 12.7. The van der Waals surface area contributed by atoms with Crippen molar-refractivity contribution in [3.63, 3.8) is 0 Å². The number of fused-ring (bicyclic) bond motifs is 2. The van der Waals surface area contributed by atoms with E-state index in [4.69, 9.17) is 14.2 Å². The molecule has 0 saturated carbocycles. The van der Waals surface area contributed by atoms with Gasteiger partial charge in [0.25, 0.3) is 5.91 Å². The van der Waals surface area contributed by atoms with Gasteiger partial charge in [-0.2, -0.15) is 0 Å². The van der Waals surface area contributed by atoms with Gasteiger partial charge in [-0.25, -0.2) is 4.98 Å². The van der Waals surface area contributed by atoms with Crippen molar-refractivity contribution in [3.8, 4) is 17.2 Å². The number of hydrogen-bond acceptors (Lipinski definition) is 6. The number of carbonyl (C=O) groups is 1. The van der Waals surface area contributed by atoms with Gasteiger partial charge in [-0.1, -0.05) is 0 Å². The Bertz CT molecular complexity index is 1200. The number of rotatable bonds is 6. The lowest BCUT2D eigenvalue weighted by atomic mass is 10.1. The predicted molar refractivity (Wildman–Crippen MR) is 114 cm³/mol. The van der Waals surface area contributed by atoms with Gasteiger partial charge in [0.05, 0.1) is 31.7 Å². The number of nitrogens with one attached hydrogen (secondary N) is 1. The maximum Gasteiger partial charge on any atom is 0.261 e. The number of amides is 1. The number of nitrogens with zero attached hydrogens (tertiary/aromatic N) is 1. The van der Waals surface area contributed by atoms with E-state index in [0.717, 1.165) is 32.4 Å². The Labute approximate surface area is 172 Å². The Morgan fingerprint density at radius 3 is 2.45 bits per heavy atom. The lowest BCUT2D eigenvalue weighted by Gasteiger charge is -2.11. The Hall–Kier alpha value is -3.32. The summed E-state index contributed by atoms with van der Waals surface area (Å²) in [5, 5.41) is 4.86. The molecule has 0 aliphatic rings. The summed E-state index contributed by atoms with van der Waals surface area (Å²) in [6.07, 6.45) is 0. The molecule has 29 heavy (non-hydrogen) atoms. The molecule has 148 valence electrons. The Kier molecular flexibility index (Phi) is 5.22. The standard InChI is InChI=1S/C22H20N2O4S/c1-26-16-4-6-18-13(9-16)8-14-11-20(29-22(14)24-18)21(25)23-12-15-10-17(27-2)5-7-19(15)28-3/h4-11H,12H2,1-3H3,(H,23,25). The molecule has 0 saturated heterocycles. The number of ether oxygens (including phenoxy) is 3. The van der Waals surface area contributed by atoms with Crippen molar-refractivity contribution in [1.29, 1.82) is 0 Å². The summed E-state index contributed by atoms with van der Waals surface area (Å²) in [5.74, 6) is 2.03. The van der Waals surface area contributed by atoms with Crippen molar-refractivity contribution < 1.29 is 19.0 Å². The second-order valence-electron chi connectivity index (χ2n) is 6.41. The number of hydrogen-bond donors (Lipinski definition) is 1. The van der Waals surface area contributed by atoms with Gasteiger partial charge < -0.3 is 19.5 Å². The highest BCUT2D eigenvalue weighted by Crippen LogP contribution is 2.29. The van der Waals surface area contributed by atoms with Crippen LogP contribution in [-0.2, 0) is 6.54 Å². The third kappa shape index (κ3) is 3.82. The molecule has 6 nitrogen and oxygen atoms in total. The van der Waals surface area contributed by atoms with Crippen LogP contribution in [0.4, 0.5) is 0 Å². The van der Waals surface area contributed by atoms with E-state index in [2.05, 4.69) is 10.3 Å². The van der Waals surface area contributed by atoms with Crippen LogP contribution in [0.3, 0.4) is 0 Å². The van der Waals surface area contributed by atoms with Gasteiger partial charge in [0.2, 0.25) is 0 Å². The number of thiophene rings is 1. The van der Waals surface area contributed by atoms with E-state index in [1.165, 1.54) is 11.3 Å². The van der Waals surface area contributed by atoms with Crippen molar-refractivity contribution in [3.05, 3.63) is 59.0 Å². The molecule has 0 radical (unpaired) electrons. The van der Waals surface area contributed by atoms with Crippen LogP contribution in [0.5, 0.6) is 17.2 Å². The minimum Gasteiger partial charge on any atom is -0.497 e. The molecular weight excluding hydrogens is 388 g/mol. The summed E-state index contributed by atoms with van der Waals surface area (Å²) in [6, 6.07) is 15.1. The number of pyridine rings is 1. The zero-order valence-electron chi connectivity index (χ0n) is 16.3. The van der Waals surface area contributed by atoms with E-state index in [1.807, 2.05) is 48.5 Å². The molecule has 2 aromatic heterocycles. The van der Waals surface area contributed by atoms with E-state index < -0.39 is 0 Å². The molecule has 0 aliphatic carbocycles. The summed E-state index contributed by atoms with van der Waals surface area (Å²) < 4.78 is 15.9. The largest absolute Gasteiger partial charge is 0.497 e. The second-order valence-corrected chi connectivity index (χ2v) is 7.44. The van der Waals surface area contributed by atoms with E-state index in [9.17, 15) is 4.79 Å². The van der Waals surface area contributed by atoms with Crippen LogP contribution >= 0.6 is 11.3 Å². The average Bonchev–Trinajstić information content (AvgIpc) is 3.18. The molecule has 2 aromatic carbocycles. The molecule has 0 unspecified atom stereocenters. The zero-order valence-corrected chi connectivity index (χ0v) is 17.1. The van der Waals surface area contributed by atoms with Gasteiger partial charge in [0, 0.05) is 22.9 Å². The quantitative estimate of drug-likeness (QED) is 0.512. The highest BCUT2D eigenvalue weighted by Gasteiger charge is 2.13. The van der Waals surface area contributed by atoms with Gasteiger partial charge in [-0.15, -0.1) is 11.3 Å². The van der Waals surface area contributed by atoms with Crippen LogP contribution < -0.4 is 19.5 Å². The molecule has 4 rings (SSSR count). The number of carbonyl (C=O) groups excluding carboxylic acids is 1. The summed E-state index contributed by atoms with van der Waals surface area (Å²) in [6.45, 7) is 0.333. The van der Waals surface area contributed by atoms with Gasteiger partial charge in [0.15, 0.2) is 0 Å². The van der Waals surface area contributed by atoms with Crippen LogP contribution in [-0.4, -0.2) is 32.2 Å². The summed E-state index contributed by atoms with van der Waals surface area (Å²) in [4.78, 5) is 18.8. The van der Waals surface area contributed by atoms with Gasteiger partial charge in [-0.05, 0) is 48.5 Å². The first-order valence-corrected chi connectivity index (χ1v) is 9.80. The van der Waals surface area contributed by atoms with E-state index in [-0.39, 0.29) is 5.91 Å². The summed E-state index contributed by atoms with van der Waals surface area (Å²) in [7, 11) is 4.84. The van der Waals surface area contributed by atoms with Crippen LogP contribution in [0.15, 0.2) is 48.5 Å². The van der Waals surface area contributed by atoms with Gasteiger partial charge >= 0.3 is 0 Å². The number of aromatic nitrogens is 1. The lowest BCUT2D eigenvalue weighted by molar-refractivity contribution is 0.0954. The molecule has 0 spiro atoms. The van der Waals surface area contributed by atoms with E-state index in [0.29, 0.717) is 22.9 Å². The predicted octanol–water partition coefficient (Wildman–Crippen LogP) is 4.41. The van der Waals surface area contributed by atoms with Crippen molar-refractivity contribution >= 4 is 38.4 Å². The minimum absolute atomic E-state index is 0.153. The van der Waals surface area contributed by atoms with Crippen LogP contribution in [0.2, 0.25) is 0 Å². The van der Waals surface area contributed by atoms with Crippen LogP contribution in [0.1, 0.15) is 15.2 Å². The fraction of sp³-hybridized carbons (Fsp3) is 0.182. The number of benzene rings is 2. The Morgan fingerprint density at radius 2 is 1.69 bits per heavy atom. The van der Waals surface area contributed by atoms with Gasteiger partial charge in [0.1, 0.15) is 22.1 Å². The smallest absolute Gasteiger partial charge is 0.261 e.